The molecule has 0 heterocycles. The molecule has 0 fully saturated rings. The van der Waals surface area contributed by atoms with Gasteiger partial charge in [0.25, 0.3) is 0 Å². The molecule has 0 aliphatic rings. The van der Waals surface area contributed by atoms with Crippen LogP contribution in [-0.4, -0.2) is 43.7 Å². The van der Waals surface area contributed by atoms with Crippen molar-refractivity contribution in [2.24, 2.45) is 5.73 Å². The maximum absolute atomic E-state index is 11.1. The summed E-state index contributed by atoms with van der Waals surface area (Å²) in [6.07, 6.45) is 1.03. The van der Waals surface area contributed by atoms with Crippen LogP contribution in [0.2, 0.25) is 0 Å². The summed E-state index contributed by atoms with van der Waals surface area (Å²) in [4.78, 5) is 13.1. The fraction of sp³-hybridized carbons (Fsp3) is 0.889. The van der Waals surface area contributed by atoms with E-state index in [1.165, 1.54) is 0 Å². The fourth-order valence-corrected chi connectivity index (χ4v) is 1.16. The van der Waals surface area contributed by atoms with Crippen molar-refractivity contribution in [1.29, 1.82) is 0 Å². The van der Waals surface area contributed by atoms with Gasteiger partial charge in [-0.2, -0.15) is 0 Å². The molecule has 0 rings (SSSR count). The second kappa shape index (κ2) is 8.01. The van der Waals surface area contributed by atoms with Gasteiger partial charge in [0.2, 0.25) is 0 Å². The first-order valence-corrected chi connectivity index (χ1v) is 4.82. The molecule has 13 heavy (non-hydrogen) atoms. The van der Waals surface area contributed by atoms with Crippen LogP contribution in [0.5, 0.6) is 0 Å². The van der Waals surface area contributed by atoms with Crippen LogP contribution in [-0.2, 0) is 9.53 Å². The van der Waals surface area contributed by atoms with E-state index in [1.807, 2.05) is 11.8 Å². The Labute approximate surface area is 80.0 Å². The molecule has 0 spiro atoms. The van der Waals surface area contributed by atoms with E-state index in [-0.39, 0.29) is 5.97 Å². The van der Waals surface area contributed by atoms with Crippen molar-refractivity contribution in [2.75, 3.05) is 32.8 Å². The quantitative estimate of drug-likeness (QED) is 0.581. The lowest BCUT2D eigenvalue weighted by Crippen LogP contribution is -2.35. The van der Waals surface area contributed by atoms with Gasteiger partial charge in [-0.05, 0) is 19.9 Å². The molecule has 0 aromatic heterocycles. The molecule has 0 unspecified atom stereocenters. The number of ether oxygens (including phenoxy) is 1. The first kappa shape index (κ1) is 12.4. The lowest BCUT2D eigenvalue weighted by Gasteiger charge is -2.19. The third-order valence-corrected chi connectivity index (χ3v) is 1.64. The molecule has 0 amide bonds. The van der Waals surface area contributed by atoms with Crippen LogP contribution >= 0.6 is 0 Å². The van der Waals surface area contributed by atoms with Gasteiger partial charge in [0.15, 0.2) is 0 Å². The second-order valence-corrected chi connectivity index (χ2v) is 2.87. The Kier molecular flexibility index (Phi) is 7.63. The molecule has 78 valence electrons. The highest BCUT2D eigenvalue weighted by Crippen LogP contribution is 1.91. The van der Waals surface area contributed by atoms with Gasteiger partial charge in [0.05, 0.1) is 13.2 Å². The molecular weight excluding hydrogens is 168 g/mol. The number of esters is 1. The smallest absolute Gasteiger partial charge is 0.320 e. The zero-order valence-electron chi connectivity index (χ0n) is 8.58. The highest BCUT2D eigenvalue weighted by atomic mass is 16.5. The molecule has 2 N–H and O–H groups in total. The molecule has 0 aliphatic heterocycles. The number of carbonyl (C=O) groups excluding carboxylic acids is 1. The Hall–Kier alpha value is -0.610. The maximum atomic E-state index is 11.1. The molecule has 0 aromatic rings. The minimum absolute atomic E-state index is 0.163. The van der Waals surface area contributed by atoms with E-state index < -0.39 is 0 Å². The van der Waals surface area contributed by atoms with Gasteiger partial charge in [-0.15, -0.1) is 0 Å². The van der Waals surface area contributed by atoms with Crippen LogP contribution < -0.4 is 5.73 Å². The summed E-state index contributed by atoms with van der Waals surface area (Å²) < 4.78 is 4.84. The van der Waals surface area contributed by atoms with Crippen LogP contribution in [0.25, 0.3) is 0 Å². The third kappa shape index (κ3) is 6.54. The zero-order chi connectivity index (χ0) is 10.1. The first-order chi connectivity index (χ1) is 6.24. The number of rotatable bonds is 7. The van der Waals surface area contributed by atoms with Crippen molar-refractivity contribution >= 4 is 5.97 Å². The molecule has 0 aromatic carbocycles. The predicted molar refractivity (Wildman–Crippen MR) is 52.4 cm³/mol. The Morgan fingerprint density at radius 2 is 2.08 bits per heavy atom. The zero-order valence-corrected chi connectivity index (χ0v) is 8.58. The summed E-state index contributed by atoms with van der Waals surface area (Å²) in [6.45, 7) is 6.93. The summed E-state index contributed by atoms with van der Waals surface area (Å²) in [5.41, 5.74) is 5.42. The van der Waals surface area contributed by atoms with Gasteiger partial charge >= 0.3 is 5.97 Å². The van der Waals surface area contributed by atoms with E-state index in [1.54, 1.807) is 0 Å². The standard InChI is InChI=1S/C9H20N2O2/c1-3-6-11(7-5-10)8-9(12)13-4-2/h3-8,10H2,1-2H3. The fourth-order valence-electron chi connectivity index (χ4n) is 1.16. The van der Waals surface area contributed by atoms with Crippen molar-refractivity contribution in [3.8, 4) is 0 Å². The molecule has 0 aliphatic carbocycles. The van der Waals surface area contributed by atoms with Crippen LogP contribution in [0.4, 0.5) is 0 Å². The van der Waals surface area contributed by atoms with Crippen LogP contribution in [0.15, 0.2) is 0 Å². The van der Waals surface area contributed by atoms with E-state index in [9.17, 15) is 4.79 Å². The van der Waals surface area contributed by atoms with E-state index in [0.29, 0.717) is 19.7 Å². The topological polar surface area (TPSA) is 55.6 Å². The van der Waals surface area contributed by atoms with Crippen LogP contribution in [0.1, 0.15) is 20.3 Å². The van der Waals surface area contributed by atoms with E-state index >= 15 is 0 Å². The average molecular weight is 188 g/mol. The van der Waals surface area contributed by atoms with E-state index in [4.69, 9.17) is 10.5 Å². The second-order valence-electron chi connectivity index (χ2n) is 2.87. The summed E-state index contributed by atoms with van der Waals surface area (Å²) in [5, 5.41) is 0. The third-order valence-electron chi connectivity index (χ3n) is 1.64. The molecule has 4 heteroatoms. The van der Waals surface area contributed by atoms with Crippen molar-refractivity contribution < 1.29 is 9.53 Å². The molecule has 4 nitrogen and oxygen atoms in total. The number of nitrogens with two attached hydrogens (primary N) is 1. The van der Waals surface area contributed by atoms with Gasteiger partial charge in [-0.1, -0.05) is 6.92 Å². The van der Waals surface area contributed by atoms with Crippen molar-refractivity contribution in [3.63, 3.8) is 0 Å². The lowest BCUT2D eigenvalue weighted by molar-refractivity contribution is -0.144. The van der Waals surface area contributed by atoms with E-state index in [0.717, 1.165) is 19.5 Å². The highest BCUT2D eigenvalue weighted by Gasteiger charge is 2.08. The monoisotopic (exact) mass is 188 g/mol. The van der Waals surface area contributed by atoms with Crippen LogP contribution in [0, 0.1) is 0 Å². The minimum Gasteiger partial charge on any atom is -0.465 e. The number of hydrogen-bond acceptors (Lipinski definition) is 4. The molecular formula is C9H20N2O2. The molecule has 0 saturated carbocycles. The molecule has 0 saturated heterocycles. The number of nitrogens with zero attached hydrogens (tertiary/aromatic N) is 1. The van der Waals surface area contributed by atoms with Gasteiger partial charge in [-0.3, -0.25) is 9.69 Å². The first-order valence-electron chi connectivity index (χ1n) is 4.82. The van der Waals surface area contributed by atoms with Crippen molar-refractivity contribution in [3.05, 3.63) is 0 Å². The Morgan fingerprint density at radius 1 is 1.38 bits per heavy atom. The molecule has 0 radical (unpaired) electrons. The maximum Gasteiger partial charge on any atom is 0.320 e. The minimum atomic E-state index is -0.163. The SMILES string of the molecule is CCCN(CCN)CC(=O)OCC. The van der Waals surface area contributed by atoms with Crippen LogP contribution in [0.3, 0.4) is 0 Å². The number of hydrogen-bond donors (Lipinski definition) is 1. The van der Waals surface area contributed by atoms with E-state index in [2.05, 4.69) is 6.92 Å². The molecule has 0 bridgehead atoms. The largest absolute Gasteiger partial charge is 0.465 e. The normalized spacial score (nSPS) is 10.5. The Morgan fingerprint density at radius 3 is 2.54 bits per heavy atom. The van der Waals surface area contributed by atoms with Gasteiger partial charge in [0, 0.05) is 13.1 Å². The lowest BCUT2D eigenvalue weighted by atomic mass is 10.4. The summed E-state index contributed by atoms with van der Waals surface area (Å²) in [5.74, 6) is -0.163. The molecule has 0 atom stereocenters. The van der Waals surface area contributed by atoms with Gasteiger partial charge in [0.1, 0.15) is 0 Å². The summed E-state index contributed by atoms with van der Waals surface area (Å²) in [6, 6.07) is 0. The number of carbonyl (C=O) groups is 1. The predicted octanol–water partition coefficient (Wildman–Crippen LogP) is 0.220. The van der Waals surface area contributed by atoms with Gasteiger partial charge in [-0.25, -0.2) is 0 Å². The summed E-state index contributed by atoms with van der Waals surface area (Å²) in [7, 11) is 0. The Bertz CT molecular complexity index is 134. The highest BCUT2D eigenvalue weighted by molar-refractivity contribution is 5.71. The summed E-state index contributed by atoms with van der Waals surface area (Å²) >= 11 is 0. The van der Waals surface area contributed by atoms with Crippen molar-refractivity contribution in [2.45, 2.75) is 20.3 Å². The van der Waals surface area contributed by atoms with Crippen molar-refractivity contribution in [1.82, 2.24) is 4.90 Å². The average Bonchev–Trinajstić information content (AvgIpc) is 2.05. The Balaban J connectivity index is 3.71. The van der Waals surface area contributed by atoms with Gasteiger partial charge < -0.3 is 10.5 Å².